The molecule has 0 aliphatic rings. The summed E-state index contributed by atoms with van der Waals surface area (Å²) in [7, 11) is 0. The maximum absolute atomic E-state index is 6.14. The molecule has 0 unspecified atom stereocenters. The van der Waals surface area contributed by atoms with Crippen molar-refractivity contribution in [1.29, 1.82) is 0 Å². The van der Waals surface area contributed by atoms with E-state index in [4.69, 9.17) is 28.9 Å². The Morgan fingerprint density at radius 1 is 1.16 bits per heavy atom. The minimum atomic E-state index is 0.530. The first-order valence-electron chi connectivity index (χ1n) is 5.77. The van der Waals surface area contributed by atoms with Crippen molar-refractivity contribution >= 4 is 34.7 Å². The first-order chi connectivity index (χ1) is 9.08. The van der Waals surface area contributed by atoms with Gasteiger partial charge in [0.1, 0.15) is 22.3 Å². The second-order valence-corrected chi connectivity index (χ2v) is 5.15. The van der Waals surface area contributed by atoms with Crippen LogP contribution in [0.15, 0.2) is 36.4 Å². The second kappa shape index (κ2) is 4.44. The molecule has 2 aromatic heterocycles. The largest absolute Gasteiger partial charge is 0.383 e. The number of benzene rings is 1. The number of anilines is 1. The molecule has 0 aliphatic heterocycles. The summed E-state index contributed by atoms with van der Waals surface area (Å²) in [5, 5.41) is 1.27. The number of imidazole rings is 1. The number of aryl methyl sites for hydroxylation is 1. The smallest absolute Gasteiger partial charge is 0.140 e. The van der Waals surface area contributed by atoms with Crippen LogP contribution in [0.1, 0.15) is 5.56 Å². The second-order valence-electron chi connectivity index (χ2n) is 4.35. The van der Waals surface area contributed by atoms with Crippen LogP contribution in [0.4, 0.5) is 5.82 Å². The maximum atomic E-state index is 6.14. The van der Waals surface area contributed by atoms with Crippen molar-refractivity contribution in [1.82, 2.24) is 9.38 Å². The van der Waals surface area contributed by atoms with Crippen LogP contribution in [0.5, 0.6) is 0 Å². The van der Waals surface area contributed by atoms with E-state index in [0.717, 1.165) is 21.8 Å². The van der Waals surface area contributed by atoms with Crippen molar-refractivity contribution < 1.29 is 0 Å². The number of nitrogens with zero attached hydrogens (tertiary/aromatic N) is 2. The zero-order chi connectivity index (χ0) is 13.6. The van der Waals surface area contributed by atoms with Crippen molar-refractivity contribution in [3.63, 3.8) is 0 Å². The summed E-state index contributed by atoms with van der Waals surface area (Å²) in [5.74, 6) is 0.530. The molecule has 3 nitrogen and oxygen atoms in total. The number of rotatable bonds is 1. The van der Waals surface area contributed by atoms with E-state index >= 15 is 0 Å². The molecule has 0 atom stereocenters. The molecule has 19 heavy (non-hydrogen) atoms. The first kappa shape index (κ1) is 12.3. The zero-order valence-corrected chi connectivity index (χ0v) is 11.7. The van der Waals surface area contributed by atoms with Crippen LogP contribution in [-0.4, -0.2) is 9.38 Å². The highest BCUT2D eigenvalue weighted by molar-refractivity contribution is 6.31. The average molecular weight is 292 g/mol. The molecular weight excluding hydrogens is 281 g/mol. The molecule has 2 heterocycles. The van der Waals surface area contributed by atoms with E-state index < -0.39 is 0 Å². The number of fused-ring (bicyclic) bond motifs is 1. The molecule has 96 valence electrons. The molecule has 0 bridgehead atoms. The molecule has 3 aromatic rings. The Labute approximate surface area is 120 Å². The highest BCUT2D eigenvalue weighted by Crippen LogP contribution is 2.30. The molecule has 3 rings (SSSR count). The van der Waals surface area contributed by atoms with Crippen molar-refractivity contribution in [2.24, 2.45) is 0 Å². The number of hydrogen-bond donors (Lipinski definition) is 1. The predicted octanol–water partition coefficient (Wildman–Crippen LogP) is 4.20. The fourth-order valence-corrected chi connectivity index (χ4v) is 2.45. The van der Waals surface area contributed by atoms with Crippen LogP contribution >= 0.6 is 23.2 Å². The summed E-state index contributed by atoms with van der Waals surface area (Å²) in [5.41, 5.74) is 9.51. The van der Waals surface area contributed by atoms with Crippen LogP contribution in [0.25, 0.3) is 16.9 Å². The highest BCUT2D eigenvalue weighted by Gasteiger charge is 2.13. The summed E-state index contributed by atoms with van der Waals surface area (Å²) in [6.07, 6.45) is 0. The molecule has 2 N–H and O–H groups in total. The van der Waals surface area contributed by atoms with Gasteiger partial charge in [-0.25, -0.2) is 4.98 Å². The molecule has 0 aliphatic carbocycles. The molecule has 0 saturated carbocycles. The van der Waals surface area contributed by atoms with Crippen molar-refractivity contribution in [3.05, 3.63) is 52.1 Å². The van der Waals surface area contributed by atoms with Gasteiger partial charge < -0.3 is 5.73 Å². The number of nitrogens with two attached hydrogens (primary N) is 1. The predicted molar refractivity (Wildman–Crippen MR) is 79.8 cm³/mol. The van der Waals surface area contributed by atoms with E-state index in [2.05, 4.69) is 4.98 Å². The van der Waals surface area contributed by atoms with Crippen LogP contribution in [0, 0.1) is 6.92 Å². The van der Waals surface area contributed by atoms with E-state index in [-0.39, 0.29) is 0 Å². The number of pyridine rings is 1. The van der Waals surface area contributed by atoms with E-state index in [9.17, 15) is 0 Å². The molecule has 0 fully saturated rings. The van der Waals surface area contributed by atoms with E-state index in [1.807, 2.05) is 37.3 Å². The number of hydrogen-bond acceptors (Lipinski definition) is 2. The minimum absolute atomic E-state index is 0.530. The Hall–Kier alpha value is -1.71. The Morgan fingerprint density at radius 3 is 2.63 bits per heavy atom. The molecular formula is C14H11Cl2N3. The minimum Gasteiger partial charge on any atom is -0.383 e. The van der Waals surface area contributed by atoms with Gasteiger partial charge in [0.05, 0.1) is 0 Å². The van der Waals surface area contributed by atoms with Gasteiger partial charge in [0.25, 0.3) is 0 Å². The molecule has 5 heteroatoms. The van der Waals surface area contributed by atoms with Gasteiger partial charge in [-0.1, -0.05) is 35.3 Å². The number of halogens is 2. The molecule has 0 radical (unpaired) electrons. The van der Waals surface area contributed by atoms with E-state index in [1.165, 1.54) is 0 Å². The fourth-order valence-electron chi connectivity index (χ4n) is 2.08. The third-order valence-electron chi connectivity index (χ3n) is 3.06. The summed E-state index contributed by atoms with van der Waals surface area (Å²) in [6, 6.07) is 11.2. The fraction of sp³-hybridized carbons (Fsp3) is 0.0714. The van der Waals surface area contributed by atoms with Gasteiger partial charge in [-0.2, -0.15) is 0 Å². The van der Waals surface area contributed by atoms with Gasteiger partial charge >= 0.3 is 0 Å². The zero-order valence-electron chi connectivity index (χ0n) is 10.2. The number of aromatic nitrogens is 2. The van der Waals surface area contributed by atoms with Crippen LogP contribution in [-0.2, 0) is 0 Å². The van der Waals surface area contributed by atoms with Crippen LogP contribution < -0.4 is 5.73 Å². The lowest BCUT2D eigenvalue weighted by molar-refractivity contribution is 1.20. The lowest BCUT2D eigenvalue weighted by Crippen LogP contribution is -1.95. The Bertz CT molecular complexity index is 778. The molecule has 0 saturated heterocycles. The van der Waals surface area contributed by atoms with E-state index in [1.54, 1.807) is 10.5 Å². The van der Waals surface area contributed by atoms with Gasteiger partial charge in [-0.05, 0) is 36.8 Å². The average Bonchev–Trinajstić information content (AvgIpc) is 2.72. The quantitative estimate of drug-likeness (QED) is 0.683. The lowest BCUT2D eigenvalue weighted by Gasteiger charge is -2.03. The molecule has 0 spiro atoms. The molecule has 0 amide bonds. The third kappa shape index (κ3) is 1.95. The Morgan fingerprint density at radius 2 is 1.95 bits per heavy atom. The lowest BCUT2D eigenvalue weighted by atomic mass is 10.1. The van der Waals surface area contributed by atoms with Crippen molar-refractivity contribution in [2.75, 3.05) is 5.73 Å². The van der Waals surface area contributed by atoms with Gasteiger partial charge in [0.15, 0.2) is 0 Å². The van der Waals surface area contributed by atoms with Crippen molar-refractivity contribution in [3.8, 4) is 11.3 Å². The summed E-state index contributed by atoms with van der Waals surface area (Å²) < 4.78 is 1.72. The monoisotopic (exact) mass is 291 g/mol. The highest BCUT2D eigenvalue weighted by atomic mass is 35.5. The van der Waals surface area contributed by atoms with Gasteiger partial charge in [0, 0.05) is 10.6 Å². The summed E-state index contributed by atoms with van der Waals surface area (Å²) >= 11 is 12.2. The molecule has 1 aromatic carbocycles. The first-order valence-corrected chi connectivity index (χ1v) is 6.52. The third-order valence-corrected chi connectivity index (χ3v) is 3.78. The Balaban J connectivity index is 2.28. The van der Waals surface area contributed by atoms with Crippen LogP contribution in [0.3, 0.4) is 0 Å². The Kier molecular flexibility index (Phi) is 2.88. The standard InChI is InChI=1S/C14H11Cl2N3/c1-8-7-9(5-6-10(8)15)13-14(17)19-11(16)3-2-4-12(19)18-13/h2-7H,17H2,1H3. The summed E-state index contributed by atoms with van der Waals surface area (Å²) in [4.78, 5) is 4.52. The topological polar surface area (TPSA) is 43.3 Å². The maximum Gasteiger partial charge on any atom is 0.140 e. The van der Waals surface area contributed by atoms with Crippen LogP contribution in [0.2, 0.25) is 10.2 Å². The number of nitrogen functional groups attached to an aromatic ring is 1. The normalized spacial score (nSPS) is 11.1. The van der Waals surface area contributed by atoms with E-state index in [0.29, 0.717) is 16.7 Å². The van der Waals surface area contributed by atoms with Gasteiger partial charge in [-0.15, -0.1) is 0 Å². The van der Waals surface area contributed by atoms with Gasteiger partial charge in [0.2, 0.25) is 0 Å². The van der Waals surface area contributed by atoms with Gasteiger partial charge in [-0.3, -0.25) is 4.40 Å². The summed E-state index contributed by atoms with van der Waals surface area (Å²) in [6.45, 7) is 1.95. The van der Waals surface area contributed by atoms with Crippen molar-refractivity contribution in [2.45, 2.75) is 6.92 Å². The SMILES string of the molecule is Cc1cc(-c2nc3cccc(Cl)n3c2N)ccc1Cl.